The van der Waals surface area contributed by atoms with Gasteiger partial charge in [0.25, 0.3) is 0 Å². The Bertz CT molecular complexity index is 408. The zero-order chi connectivity index (χ0) is 12.2. The monoisotopic (exact) mass is 233 g/mol. The van der Waals surface area contributed by atoms with E-state index in [1.807, 2.05) is 13.8 Å². The third kappa shape index (κ3) is 6.89. The van der Waals surface area contributed by atoms with Crippen LogP contribution in [0.3, 0.4) is 0 Å². The Balaban J connectivity index is 0.000000336. The zero-order valence-electron chi connectivity index (χ0n) is 8.85. The van der Waals surface area contributed by atoms with Crippen LogP contribution in [0.15, 0.2) is 12.1 Å². The first kappa shape index (κ1) is 13.9. The molecule has 0 bridgehead atoms. The summed E-state index contributed by atoms with van der Waals surface area (Å²) in [6, 6.07) is 4.20. The second-order valence-electron chi connectivity index (χ2n) is 3.26. The van der Waals surface area contributed by atoms with Crippen LogP contribution in [0.5, 0.6) is 0 Å². The van der Waals surface area contributed by atoms with Crippen molar-refractivity contribution >= 4 is 16.1 Å². The minimum atomic E-state index is -4.67. The molecule has 0 saturated carbocycles. The standard InChI is InChI=1S/C9H13N.H2O4S/c1-6-4-7(2)9(10)8(3)5-6;1-5(2,3)4/h4-5H,10H2,1-3H3;(H2,1,2,3,4). The van der Waals surface area contributed by atoms with Crippen molar-refractivity contribution in [2.24, 2.45) is 0 Å². The molecule has 0 aliphatic heterocycles. The maximum absolute atomic E-state index is 8.74. The molecule has 0 amide bonds. The highest BCUT2D eigenvalue weighted by Gasteiger charge is 1.96. The molecule has 5 nitrogen and oxygen atoms in total. The van der Waals surface area contributed by atoms with Crippen LogP contribution in [0.4, 0.5) is 5.69 Å². The number of benzene rings is 1. The van der Waals surface area contributed by atoms with Gasteiger partial charge in [0, 0.05) is 5.69 Å². The number of hydrogen-bond donors (Lipinski definition) is 3. The molecular weight excluding hydrogens is 218 g/mol. The van der Waals surface area contributed by atoms with Crippen molar-refractivity contribution in [3.63, 3.8) is 0 Å². The molecule has 0 spiro atoms. The molecule has 1 aromatic carbocycles. The Kier molecular flexibility index (Phi) is 4.73. The summed E-state index contributed by atoms with van der Waals surface area (Å²) in [5, 5.41) is 0. The topological polar surface area (TPSA) is 101 Å². The summed E-state index contributed by atoms with van der Waals surface area (Å²) in [4.78, 5) is 0. The van der Waals surface area contributed by atoms with Crippen molar-refractivity contribution in [3.8, 4) is 0 Å². The molecule has 0 atom stereocenters. The highest BCUT2D eigenvalue weighted by atomic mass is 32.3. The minimum absolute atomic E-state index is 0.922. The van der Waals surface area contributed by atoms with E-state index in [-0.39, 0.29) is 0 Å². The highest BCUT2D eigenvalue weighted by Crippen LogP contribution is 2.17. The van der Waals surface area contributed by atoms with E-state index >= 15 is 0 Å². The maximum atomic E-state index is 8.74. The van der Waals surface area contributed by atoms with E-state index in [1.165, 1.54) is 16.7 Å². The molecule has 0 fully saturated rings. The minimum Gasteiger partial charge on any atom is -0.398 e. The second kappa shape index (κ2) is 5.11. The first-order valence-corrected chi connectivity index (χ1v) is 5.54. The lowest BCUT2D eigenvalue weighted by Gasteiger charge is -2.04. The number of nitrogens with two attached hydrogens (primary N) is 1. The third-order valence-electron chi connectivity index (χ3n) is 1.74. The molecule has 0 saturated heterocycles. The van der Waals surface area contributed by atoms with Gasteiger partial charge in [0.1, 0.15) is 0 Å². The quantitative estimate of drug-likeness (QED) is 0.466. The number of anilines is 1. The molecule has 0 aromatic heterocycles. The average molecular weight is 233 g/mol. The number of aryl methyl sites for hydroxylation is 3. The van der Waals surface area contributed by atoms with Gasteiger partial charge in [-0.2, -0.15) is 8.42 Å². The van der Waals surface area contributed by atoms with Crippen LogP contribution in [-0.2, 0) is 10.4 Å². The van der Waals surface area contributed by atoms with Crippen LogP contribution < -0.4 is 5.73 Å². The van der Waals surface area contributed by atoms with Crippen molar-refractivity contribution in [1.29, 1.82) is 0 Å². The average Bonchev–Trinajstić information content (AvgIpc) is 1.96. The van der Waals surface area contributed by atoms with E-state index < -0.39 is 10.4 Å². The molecule has 15 heavy (non-hydrogen) atoms. The fraction of sp³-hybridized carbons (Fsp3) is 0.333. The predicted molar refractivity (Wildman–Crippen MR) is 59.2 cm³/mol. The summed E-state index contributed by atoms with van der Waals surface area (Å²) in [5.41, 5.74) is 10.3. The van der Waals surface area contributed by atoms with Crippen LogP contribution >= 0.6 is 0 Å². The molecule has 0 heterocycles. The Morgan fingerprint density at radius 3 is 1.60 bits per heavy atom. The van der Waals surface area contributed by atoms with Gasteiger partial charge in [-0.25, -0.2) is 0 Å². The van der Waals surface area contributed by atoms with Crippen LogP contribution in [0.1, 0.15) is 16.7 Å². The molecule has 4 N–H and O–H groups in total. The Morgan fingerprint density at radius 1 is 1.07 bits per heavy atom. The first-order chi connectivity index (χ1) is 6.61. The van der Waals surface area contributed by atoms with Gasteiger partial charge < -0.3 is 5.73 Å². The number of rotatable bonds is 0. The van der Waals surface area contributed by atoms with Crippen molar-refractivity contribution in [2.45, 2.75) is 20.8 Å². The predicted octanol–water partition coefficient (Wildman–Crippen LogP) is 1.54. The number of hydrogen-bond acceptors (Lipinski definition) is 3. The molecule has 1 rings (SSSR count). The van der Waals surface area contributed by atoms with Gasteiger partial charge in [-0.3, -0.25) is 9.11 Å². The van der Waals surface area contributed by atoms with E-state index in [9.17, 15) is 0 Å². The van der Waals surface area contributed by atoms with E-state index in [1.54, 1.807) is 0 Å². The molecule has 6 heteroatoms. The van der Waals surface area contributed by atoms with Crippen LogP contribution in [0, 0.1) is 20.8 Å². The van der Waals surface area contributed by atoms with Crippen molar-refractivity contribution in [3.05, 3.63) is 28.8 Å². The summed E-state index contributed by atoms with van der Waals surface area (Å²) >= 11 is 0. The van der Waals surface area contributed by atoms with E-state index in [0.717, 1.165) is 5.69 Å². The number of nitrogen functional groups attached to an aromatic ring is 1. The van der Waals surface area contributed by atoms with Crippen molar-refractivity contribution < 1.29 is 17.5 Å². The lowest BCUT2D eigenvalue weighted by molar-refractivity contribution is 0.381. The maximum Gasteiger partial charge on any atom is 0.394 e. The molecule has 0 aliphatic rings. The lowest BCUT2D eigenvalue weighted by Crippen LogP contribution is -1.93. The van der Waals surface area contributed by atoms with Crippen LogP contribution in [-0.4, -0.2) is 17.5 Å². The normalized spacial score (nSPS) is 10.5. The van der Waals surface area contributed by atoms with Gasteiger partial charge in [0.05, 0.1) is 0 Å². The summed E-state index contributed by atoms with van der Waals surface area (Å²) in [6.45, 7) is 6.16. The van der Waals surface area contributed by atoms with Crippen LogP contribution in [0.2, 0.25) is 0 Å². The SMILES string of the molecule is Cc1cc(C)c(N)c(C)c1.O=S(=O)(O)O. The fourth-order valence-corrected chi connectivity index (χ4v) is 1.19. The van der Waals surface area contributed by atoms with Gasteiger partial charge in [0.15, 0.2) is 0 Å². The van der Waals surface area contributed by atoms with Crippen molar-refractivity contribution in [1.82, 2.24) is 0 Å². The molecule has 86 valence electrons. The molecule has 0 radical (unpaired) electrons. The smallest absolute Gasteiger partial charge is 0.394 e. The molecular formula is C9H15NO4S. The first-order valence-electron chi connectivity index (χ1n) is 4.14. The van der Waals surface area contributed by atoms with Crippen molar-refractivity contribution in [2.75, 3.05) is 5.73 Å². The van der Waals surface area contributed by atoms with Gasteiger partial charge >= 0.3 is 10.4 Å². The van der Waals surface area contributed by atoms with E-state index in [0.29, 0.717) is 0 Å². The third-order valence-corrected chi connectivity index (χ3v) is 1.74. The second-order valence-corrected chi connectivity index (χ2v) is 4.16. The highest BCUT2D eigenvalue weighted by molar-refractivity contribution is 7.79. The Morgan fingerprint density at radius 2 is 1.33 bits per heavy atom. The van der Waals surface area contributed by atoms with Gasteiger partial charge in [-0.15, -0.1) is 0 Å². The molecule has 1 aromatic rings. The molecule has 0 aliphatic carbocycles. The van der Waals surface area contributed by atoms with Gasteiger partial charge in [-0.1, -0.05) is 17.7 Å². The Hall–Kier alpha value is -1.11. The van der Waals surface area contributed by atoms with Gasteiger partial charge in [-0.05, 0) is 31.9 Å². The van der Waals surface area contributed by atoms with Gasteiger partial charge in [0.2, 0.25) is 0 Å². The summed E-state index contributed by atoms with van der Waals surface area (Å²) in [5.74, 6) is 0. The summed E-state index contributed by atoms with van der Waals surface area (Å²) < 4.78 is 31.6. The van der Waals surface area contributed by atoms with E-state index in [4.69, 9.17) is 23.3 Å². The Labute approximate surface area is 89.5 Å². The fourth-order valence-electron chi connectivity index (χ4n) is 1.19. The largest absolute Gasteiger partial charge is 0.398 e. The lowest BCUT2D eigenvalue weighted by atomic mass is 10.1. The zero-order valence-corrected chi connectivity index (χ0v) is 9.67. The molecule has 0 unspecified atom stereocenters. The van der Waals surface area contributed by atoms with Crippen LogP contribution in [0.25, 0.3) is 0 Å². The van der Waals surface area contributed by atoms with E-state index in [2.05, 4.69) is 19.1 Å². The summed E-state index contributed by atoms with van der Waals surface area (Å²) in [6.07, 6.45) is 0. The summed E-state index contributed by atoms with van der Waals surface area (Å²) in [7, 11) is -4.67.